The lowest BCUT2D eigenvalue weighted by Crippen LogP contribution is -2.07. The highest BCUT2D eigenvalue weighted by atomic mass is 16.5. The molecule has 0 amide bonds. The Morgan fingerprint density at radius 2 is 2.50 bits per heavy atom. The highest BCUT2D eigenvalue weighted by Gasteiger charge is 2.19. The van der Waals surface area contributed by atoms with Crippen molar-refractivity contribution in [2.75, 3.05) is 6.61 Å². The molecule has 1 heterocycles. The molecule has 10 heavy (non-hydrogen) atoms. The van der Waals surface area contributed by atoms with Gasteiger partial charge in [0, 0.05) is 12.8 Å². The first-order chi connectivity index (χ1) is 4.86. The predicted octanol–water partition coefficient (Wildman–Crippen LogP) is 0.982. The highest BCUT2D eigenvalue weighted by Crippen LogP contribution is 2.27. The van der Waals surface area contributed by atoms with Crippen LogP contribution in [0.4, 0.5) is 0 Å². The van der Waals surface area contributed by atoms with E-state index in [2.05, 4.69) is 0 Å². The third-order valence-corrected chi connectivity index (χ3v) is 1.92. The van der Waals surface area contributed by atoms with Crippen LogP contribution in [0.2, 0.25) is 0 Å². The fourth-order valence-corrected chi connectivity index (χ4v) is 1.37. The summed E-state index contributed by atoms with van der Waals surface area (Å²) < 4.78 is 5.30. The smallest absolute Gasteiger partial charge is 0.102 e. The van der Waals surface area contributed by atoms with Crippen molar-refractivity contribution in [1.82, 2.24) is 0 Å². The zero-order valence-electron chi connectivity index (χ0n) is 5.71. The maximum atomic E-state index is 9.16. The Morgan fingerprint density at radius 3 is 3.40 bits per heavy atom. The van der Waals surface area contributed by atoms with Gasteiger partial charge in [0.2, 0.25) is 0 Å². The van der Waals surface area contributed by atoms with Gasteiger partial charge in [-0.2, -0.15) is 0 Å². The number of aliphatic hydroxyl groups is 1. The third kappa shape index (κ3) is 0.847. The van der Waals surface area contributed by atoms with Crippen molar-refractivity contribution in [2.24, 2.45) is 0 Å². The van der Waals surface area contributed by atoms with Gasteiger partial charge < -0.3 is 9.84 Å². The van der Waals surface area contributed by atoms with E-state index in [-0.39, 0.29) is 6.10 Å². The summed E-state index contributed by atoms with van der Waals surface area (Å²) in [6, 6.07) is 0. The molecule has 1 N–H and O–H groups in total. The minimum atomic E-state index is -0.322. The second-order valence-electron chi connectivity index (χ2n) is 2.68. The Morgan fingerprint density at radius 1 is 1.60 bits per heavy atom. The maximum absolute atomic E-state index is 9.16. The quantitative estimate of drug-likeness (QED) is 0.540. The van der Waals surface area contributed by atoms with Gasteiger partial charge in [-0.15, -0.1) is 0 Å². The fourth-order valence-electron chi connectivity index (χ4n) is 1.37. The average Bonchev–Trinajstić information content (AvgIpc) is 2.33. The summed E-state index contributed by atoms with van der Waals surface area (Å²) in [7, 11) is 0. The summed E-state index contributed by atoms with van der Waals surface area (Å²) in [5.41, 5.74) is 1.27. The molecule has 0 spiro atoms. The molecule has 2 rings (SSSR count). The van der Waals surface area contributed by atoms with Gasteiger partial charge >= 0.3 is 0 Å². The van der Waals surface area contributed by atoms with Crippen LogP contribution in [0.25, 0.3) is 0 Å². The van der Waals surface area contributed by atoms with Gasteiger partial charge in [0.05, 0.1) is 12.7 Å². The van der Waals surface area contributed by atoms with Gasteiger partial charge in [0.1, 0.15) is 5.76 Å². The summed E-state index contributed by atoms with van der Waals surface area (Å²) in [5.74, 6) is 0.995. The molecule has 2 aliphatic rings. The fraction of sp³-hybridized carbons (Fsp3) is 0.500. The standard InChI is InChI=1S/C8H10O2/c9-7-2-1-6-3-4-10-8(6)5-7/h1-2,7,9H,3-5H2. The van der Waals surface area contributed by atoms with Crippen molar-refractivity contribution in [3.05, 3.63) is 23.5 Å². The van der Waals surface area contributed by atoms with Crippen LogP contribution >= 0.6 is 0 Å². The van der Waals surface area contributed by atoms with Gasteiger partial charge in [0.25, 0.3) is 0 Å². The van der Waals surface area contributed by atoms with E-state index in [0.717, 1.165) is 18.8 Å². The van der Waals surface area contributed by atoms with Crippen molar-refractivity contribution in [1.29, 1.82) is 0 Å². The monoisotopic (exact) mass is 138 g/mol. The van der Waals surface area contributed by atoms with Crippen LogP contribution in [0.1, 0.15) is 12.8 Å². The highest BCUT2D eigenvalue weighted by molar-refractivity contribution is 5.30. The van der Waals surface area contributed by atoms with E-state index in [1.165, 1.54) is 5.57 Å². The van der Waals surface area contributed by atoms with Gasteiger partial charge in [-0.1, -0.05) is 12.2 Å². The normalized spacial score (nSPS) is 30.3. The molecule has 0 aromatic carbocycles. The molecule has 2 nitrogen and oxygen atoms in total. The maximum Gasteiger partial charge on any atom is 0.102 e. The van der Waals surface area contributed by atoms with Crippen LogP contribution in [0, 0.1) is 0 Å². The Hall–Kier alpha value is -0.760. The van der Waals surface area contributed by atoms with Gasteiger partial charge in [-0.3, -0.25) is 0 Å². The van der Waals surface area contributed by atoms with Crippen molar-refractivity contribution in [3.8, 4) is 0 Å². The lowest BCUT2D eigenvalue weighted by Gasteiger charge is -2.11. The Kier molecular flexibility index (Phi) is 1.27. The number of allylic oxidation sites excluding steroid dienone is 1. The second-order valence-corrected chi connectivity index (χ2v) is 2.68. The molecular formula is C8H10O2. The Labute approximate surface area is 59.8 Å². The molecule has 0 saturated heterocycles. The number of hydrogen-bond donors (Lipinski definition) is 1. The van der Waals surface area contributed by atoms with Crippen LogP contribution in [0.15, 0.2) is 23.5 Å². The average molecular weight is 138 g/mol. The van der Waals surface area contributed by atoms with Gasteiger partial charge in [-0.05, 0) is 5.57 Å². The van der Waals surface area contributed by atoms with Crippen molar-refractivity contribution in [3.63, 3.8) is 0 Å². The van der Waals surface area contributed by atoms with Crippen molar-refractivity contribution >= 4 is 0 Å². The zero-order chi connectivity index (χ0) is 6.97. The van der Waals surface area contributed by atoms with Gasteiger partial charge in [0.15, 0.2) is 0 Å². The topological polar surface area (TPSA) is 29.5 Å². The third-order valence-electron chi connectivity index (χ3n) is 1.92. The molecule has 1 aliphatic carbocycles. The largest absolute Gasteiger partial charge is 0.497 e. The molecule has 0 bridgehead atoms. The van der Waals surface area contributed by atoms with Crippen LogP contribution in [0.3, 0.4) is 0 Å². The minimum Gasteiger partial charge on any atom is -0.497 e. The molecule has 1 atom stereocenters. The SMILES string of the molecule is OC1C=CC2=C(C1)OCC2. The molecule has 54 valence electrons. The summed E-state index contributed by atoms with van der Waals surface area (Å²) in [4.78, 5) is 0. The summed E-state index contributed by atoms with van der Waals surface area (Å²) in [5, 5.41) is 9.16. The van der Waals surface area contributed by atoms with Crippen molar-refractivity contribution in [2.45, 2.75) is 18.9 Å². The molecule has 0 aromatic heterocycles. The van der Waals surface area contributed by atoms with E-state index < -0.39 is 0 Å². The van der Waals surface area contributed by atoms with Gasteiger partial charge in [-0.25, -0.2) is 0 Å². The molecule has 1 unspecified atom stereocenters. The van der Waals surface area contributed by atoms with Crippen LogP contribution in [-0.4, -0.2) is 17.8 Å². The minimum absolute atomic E-state index is 0.322. The van der Waals surface area contributed by atoms with E-state index in [9.17, 15) is 0 Å². The van der Waals surface area contributed by atoms with Crippen molar-refractivity contribution < 1.29 is 9.84 Å². The number of hydrogen-bond acceptors (Lipinski definition) is 2. The molecule has 0 fully saturated rings. The zero-order valence-corrected chi connectivity index (χ0v) is 5.71. The van der Waals surface area contributed by atoms with Crippen LogP contribution in [0.5, 0.6) is 0 Å². The van der Waals surface area contributed by atoms with E-state index in [4.69, 9.17) is 9.84 Å². The van der Waals surface area contributed by atoms with E-state index in [1.54, 1.807) is 0 Å². The first-order valence-corrected chi connectivity index (χ1v) is 3.57. The van der Waals surface area contributed by atoms with E-state index in [1.807, 2.05) is 12.2 Å². The molecule has 0 radical (unpaired) electrons. The van der Waals surface area contributed by atoms with Crippen LogP contribution < -0.4 is 0 Å². The van der Waals surface area contributed by atoms with E-state index >= 15 is 0 Å². The molecule has 0 aromatic rings. The summed E-state index contributed by atoms with van der Waals surface area (Å²) >= 11 is 0. The Bertz CT molecular complexity index is 203. The molecular weight excluding hydrogens is 128 g/mol. The number of rotatable bonds is 0. The molecule has 1 aliphatic heterocycles. The first kappa shape index (κ1) is 5.98. The first-order valence-electron chi connectivity index (χ1n) is 3.57. The molecule has 0 saturated carbocycles. The summed E-state index contributed by atoms with van der Waals surface area (Å²) in [6.07, 6.45) is 5.16. The summed E-state index contributed by atoms with van der Waals surface area (Å²) in [6.45, 7) is 0.793. The predicted molar refractivity (Wildman–Crippen MR) is 37.4 cm³/mol. The lowest BCUT2D eigenvalue weighted by molar-refractivity contribution is 0.171. The molecule has 2 heteroatoms. The lowest BCUT2D eigenvalue weighted by atomic mass is 10.0. The Balaban J connectivity index is 2.22. The number of ether oxygens (including phenoxy) is 1. The van der Waals surface area contributed by atoms with E-state index in [0.29, 0.717) is 6.42 Å². The second kappa shape index (κ2) is 2.13. The van der Waals surface area contributed by atoms with Crippen LogP contribution in [-0.2, 0) is 4.74 Å². The number of aliphatic hydroxyl groups excluding tert-OH is 1.